The molecule has 0 aliphatic carbocycles. The van der Waals surface area contributed by atoms with Gasteiger partial charge in [0.2, 0.25) is 15.9 Å². The zero-order valence-corrected chi connectivity index (χ0v) is 19.8. The number of ether oxygens (including phenoxy) is 2. The lowest BCUT2D eigenvalue weighted by Gasteiger charge is -2.29. The third-order valence-corrected chi connectivity index (χ3v) is 6.64. The standard InChI is InChI=1S/C23H31N3O5S/c1-5-25(6-2)19-9-7-18(8-10-19)16-24-23(27)17(3)26(32(4,28)29)20-11-12-21-22(15-20)31-14-13-30-21/h7-12,15,17H,5-6,13-14,16H2,1-4H3,(H,24,27)/t17-/m0/s1. The Morgan fingerprint density at radius 3 is 2.19 bits per heavy atom. The molecule has 0 unspecified atom stereocenters. The summed E-state index contributed by atoms with van der Waals surface area (Å²) in [5.41, 5.74) is 2.41. The van der Waals surface area contributed by atoms with E-state index in [1.54, 1.807) is 25.1 Å². The zero-order chi connectivity index (χ0) is 23.3. The molecule has 1 N–H and O–H groups in total. The summed E-state index contributed by atoms with van der Waals surface area (Å²) in [4.78, 5) is 15.1. The topological polar surface area (TPSA) is 88.2 Å². The van der Waals surface area contributed by atoms with Crippen LogP contribution in [0.1, 0.15) is 26.3 Å². The maximum Gasteiger partial charge on any atom is 0.243 e. The summed E-state index contributed by atoms with van der Waals surface area (Å²) in [6.07, 6.45) is 1.08. The molecule has 1 aliphatic rings. The molecular weight excluding hydrogens is 430 g/mol. The van der Waals surface area contributed by atoms with Crippen molar-refractivity contribution in [3.05, 3.63) is 48.0 Å². The first-order valence-corrected chi connectivity index (χ1v) is 12.6. The lowest BCUT2D eigenvalue weighted by molar-refractivity contribution is -0.122. The van der Waals surface area contributed by atoms with Gasteiger partial charge in [0.05, 0.1) is 11.9 Å². The van der Waals surface area contributed by atoms with E-state index in [1.165, 1.54) is 0 Å². The first-order chi connectivity index (χ1) is 15.2. The van der Waals surface area contributed by atoms with Crippen molar-refractivity contribution in [2.24, 2.45) is 0 Å². The van der Waals surface area contributed by atoms with Crippen LogP contribution in [-0.2, 0) is 21.4 Å². The molecule has 0 saturated heterocycles. The van der Waals surface area contributed by atoms with E-state index in [1.807, 2.05) is 24.3 Å². The number of carbonyl (C=O) groups excluding carboxylic acids is 1. The van der Waals surface area contributed by atoms with E-state index in [4.69, 9.17) is 9.47 Å². The quantitative estimate of drug-likeness (QED) is 0.618. The van der Waals surface area contributed by atoms with Crippen molar-refractivity contribution >= 4 is 27.3 Å². The lowest BCUT2D eigenvalue weighted by Crippen LogP contribution is -2.47. The van der Waals surface area contributed by atoms with Crippen LogP contribution in [0.15, 0.2) is 42.5 Å². The molecule has 1 amide bonds. The Kier molecular flexibility index (Phi) is 7.50. The highest BCUT2D eigenvalue weighted by Gasteiger charge is 2.30. The summed E-state index contributed by atoms with van der Waals surface area (Å²) in [5.74, 6) is 0.625. The van der Waals surface area contributed by atoms with Gasteiger partial charge in [-0.05, 0) is 50.6 Å². The van der Waals surface area contributed by atoms with Crippen LogP contribution in [0.5, 0.6) is 11.5 Å². The van der Waals surface area contributed by atoms with Gasteiger partial charge in [0.25, 0.3) is 0 Å². The molecule has 1 aliphatic heterocycles. The van der Waals surface area contributed by atoms with E-state index in [0.29, 0.717) is 36.9 Å². The van der Waals surface area contributed by atoms with Crippen molar-refractivity contribution < 1.29 is 22.7 Å². The Morgan fingerprint density at radius 1 is 1.00 bits per heavy atom. The fourth-order valence-electron chi connectivity index (χ4n) is 3.73. The Balaban J connectivity index is 1.72. The number of rotatable bonds is 9. The van der Waals surface area contributed by atoms with Crippen LogP contribution in [0.25, 0.3) is 0 Å². The highest BCUT2D eigenvalue weighted by Crippen LogP contribution is 2.35. The number of amides is 1. The minimum absolute atomic E-state index is 0.306. The van der Waals surface area contributed by atoms with Crippen LogP contribution in [0.2, 0.25) is 0 Å². The summed E-state index contributed by atoms with van der Waals surface area (Å²) in [7, 11) is -3.72. The average Bonchev–Trinajstić information content (AvgIpc) is 2.78. The van der Waals surface area contributed by atoms with Crippen molar-refractivity contribution in [1.29, 1.82) is 0 Å². The molecule has 9 heteroatoms. The molecule has 0 radical (unpaired) electrons. The third kappa shape index (κ3) is 5.45. The molecule has 0 aromatic heterocycles. The molecule has 8 nitrogen and oxygen atoms in total. The number of nitrogens with zero attached hydrogens (tertiary/aromatic N) is 2. The number of carbonyl (C=O) groups is 1. The van der Waals surface area contributed by atoms with E-state index in [-0.39, 0.29) is 0 Å². The highest BCUT2D eigenvalue weighted by atomic mass is 32.2. The van der Waals surface area contributed by atoms with Gasteiger partial charge in [-0.25, -0.2) is 8.42 Å². The second-order valence-corrected chi connectivity index (χ2v) is 9.48. The predicted molar refractivity (Wildman–Crippen MR) is 126 cm³/mol. The number of fused-ring (bicyclic) bond motifs is 1. The second kappa shape index (κ2) is 10.1. The van der Waals surface area contributed by atoms with E-state index in [2.05, 4.69) is 24.1 Å². The smallest absolute Gasteiger partial charge is 0.243 e. The number of sulfonamides is 1. The Hall–Kier alpha value is -2.94. The molecular formula is C23H31N3O5S. The molecule has 3 rings (SSSR count). The van der Waals surface area contributed by atoms with Gasteiger partial charge in [-0.1, -0.05) is 12.1 Å². The van der Waals surface area contributed by atoms with Crippen molar-refractivity contribution in [3.63, 3.8) is 0 Å². The SMILES string of the molecule is CCN(CC)c1ccc(CNC(=O)[C@H](C)N(c2ccc3c(c2)OCCO3)S(C)(=O)=O)cc1. The van der Waals surface area contributed by atoms with Gasteiger partial charge < -0.3 is 19.7 Å². The molecule has 2 aromatic rings. The van der Waals surface area contributed by atoms with E-state index >= 15 is 0 Å². The molecule has 174 valence electrons. The van der Waals surface area contributed by atoms with E-state index in [9.17, 15) is 13.2 Å². The molecule has 0 saturated carbocycles. The second-order valence-electron chi connectivity index (χ2n) is 7.62. The van der Waals surface area contributed by atoms with Gasteiger partial charge >= 0.3 is 0 Å². The molecule has 0 spiro atoms. The largest absolute Gasteiger partial charge is 0.486 e. The normalized spacial score (nSPS) is 13.9. The minimum Gasteiger partial charge on any atom is -0.486 e. The first-order valence-electron chi connectivity index (χ1n) is 10.7. The van der Waals surface area contributed by atoms with Crippen LogP contribution in [0, 0.1) is 0 Å². The van der Waals surface area contributed by atoms with E-state index in [0.717, 1.165) is 34.9 Å². The number of hydrogen-bond acceptors (Lipinski definition) is 6. The summed E-state index contributed by atoms with van der Waals surface area (Å²) in [6, 6.07) is 11.9. The van der Waals surface area contributed by atoms with Gasteiger partial charge in [-0.2, -0.15) is 0 Å². The van der Waals surface area contributed by atoms with Gasteiger partial charge in [0.15, 0.2) is 11.5 Å². The van der Waals surface area contributed by atoms with Crippen molar-refractivity contribution in [3.8, 4) is 11.5 Å². The van der Waals surface area contributed by atoms with Crippen molar-refractivity contribution in [2.45, 2.75) is 33.4 Å². The van der Waals surface area contributed by atoms with Gasteiger partial charge in [0.1, 0.15) is 19.3 Å². The van der Waals surface area contributed by atoms with Gasteiger partial charge in [-0.15, -0.1) is 0 Å². The Morgan fingerprint density at radius 2 is 1.59 bits per heavy atom. The molecule has 1 heterocycles. The first kappa shape index (κ1) is 23.7. The number of anilines is 2. The van der Waals surface area contributed by atoms with Gasteiger partial charge in [0, 0.05) is 31.4 Å². The van der Waals surface area contributed by atoms with Crippen LogP contribution < -0.4 is 24.0 Å². The summed E-state index contributed by atoms with van der Waals surface area (Å²) >= 11 is 0. The molecule has 32 heavy (non-hydrogen) atoms. The minimum atomic E-state index is -3.72. The monoisotopic (exact) mass is 461 g/mol. The zero-order valence-electron chi connectivity index (χ0n) is 19.0. The Bertz CT molecular complexity index is 1040. The predicted octanol–water partition coefficient (Wildman–Crippen LogP) is 2.77. The maximum atomic E-state index is 12.9. The van der Waals surface area contributed by atoms with Crippen LogP contribution in [0.3, 0.4) is 0 Å². The number of hydrogen-bond donors (Lipinski definition) is 1. The lowest BCUT2D eigenvalue weighted by atomic mass is 10.2. The molecule has 2 aromatic carbocycles. The molecule has 0 fully saturated rings. The molecule has 1 atom stereocenters. The van der Waals surface area contributed by atoms with Crippen molar-refractivity contribution in [2.75, 3.05) is 41.8 Å². The Labute approximate surface area is 190 Å². The van der Waals surface area contributed by atoms with Crippen LogP contribution in [-0.4, -0.2) is 52.9 Å². The third-order valence-electron chi connectivity index (χ3n) is 5.40. The fourth-order valence-corrected chi connectivity index (χ4v) is 4.89. The van der Waals surface area contributed by atoms with Crippen LogP contribution in [0.4, 0.5) is 11.4 Å². The molecule has 0 bridgehead atoms. The number of benzene rings is 2. The van der Waals surface area contributed by atoms with Crippen LogP contribution >= 0.6 is 0 Å². The average molecular weight is 462 g/mol. The summed E-state index contributed by atoms with van der Waals surface area (Å²) in [5, 5.41) is 2.85. The fraction of sp³-hybridized carbons (Fsp3) is 0.435. The van der Waals surface area contributed by atoms with E-state index < -0.39 is 22.0 Å². The highest BCUT2D eigenvalue weighted by molar-refractivity contribution is 7.92. The summed E-state index contributed by atoms with van der Waals surface area (Å²) in [6.45, 7) is 8.76. The van der Waals surface area contributed by atoms with Gasteiger partial charge in [-0.3, -0.25) is 9.10 Å². The van der Waals surface area contributed by atoms with Crippen molar-refractivity contribution in [1.82, 2.24) is 5.32 Å². The number of nitrogens with one attached hydrogen (secondary N) is 1. The summed E-state index contributed by atoms with van der Waals surface area (Å²) < 4.78 is 37.3. The maximum absolute atomic E-state index is 12.9.